The van der Waals surface area contributed by atoms with Crippen LogP contribution in [0.4, 0.5) is 23.1 Å². The first-order valence-electron chi connectivity index (χ1n) is 9.44. The average molecular weight is 375 g/mol. The highest BCUT2D eigenvalue weighted by Gasteiger charge is 2.07. The van der Waals surface area contributed by atoms with Gasteiger partial charge >= 0.3 is 0 Å². The maximum atomic E-state index is 12.4. The zero-order chi connectivity index (χ0) is 19.9. The van der Waals surface area contributed by atoms with Crippen molar-refractivity contribution in [3.63, 3.8) is 0 Å². The van der Waals surface area contributed by atoms with E-state index in [4.69, 9.17) is 0 Å². The summed E-state index contributed by atoms with van der Waals surface area (Å²) in [5, 5.41) is 9.30. The van der Waals surface area contributed by atoms with Crippen LogP contribution in [-0.4, -0.2) is 22.4 Å². The Balaban J connectivity index is 1.65. The molecule has 0 saturated heterocycles. The van der Waals surface area contributed by atoms with Gasteiger partial charge in [0.15, 0.2) is 0 Å². The molecule has 0 spiro atoms. The van der Waals surface area contributed by atoms with E-state index in [2.05, 4.69) is 32.8 Å². The van der Waals surface area contributed by atoms with E-state index in [-0.39, 0.29) is 5.91 Å². The highest BCUT2D eigenvalue weighted by molar-refractivity contribution is 6.04. The van der Waals surface area contributed by atoms with Crippen LogP contribution in [-0.2, 0) is 6.42 Å². The predicted molar refractivity (Wildman–Crippen MR) is 114 cm³/mol. The molecule has 1 amide bonds. The number of benzene rings is 2. The predicted octanol–water partition coefficient (Wildman–Crippen LogP) is 4.78. The van der Waals surface area contributed by atoms with Crippen LogP contribution in [0.5, 0.6) is 0 Å². The number of hydrogen-bond acceptors (Lipinski definition) is 5. The SMILES string of the molecule is CCNc1nc(C)cc(Nc2ccc(NC(=O)c3ccc(CC)cc3)cc2)n1. The standard InChI is InChI=1S/C22H25N5O/c1-4-16-6-8-17(9-7-16)21(28)26-19-12-10-18(11-13-19)25-20-14-15(3)24-22(27-20)23-5-2/h6-14H,4-5H2,1-3H3,(H,26,28)(H2,23,24,25,27). The zero-order valence-corrected chi connectivity index (χ0v) is 16.4. The van der Waals surface area contributed by atoms with E-state index in [0.29, 0.717) is 11.5 Å². The smallest absolute Gasteiger partial charge is 0.255 e. The van der Waals surface area contributed by atoms with Gasteiger partial charge in [-0.1, -0.05) is 19.1 Å². The Labute approximate surface area is 165 Å². The van der Waals surface area contributed by atoms with Crippen molar-refractivity contribution in [3.05, 3.63) is 71.4 Å². The van der Waals surface area contributed by atoms with E-state index >= 15 is 0 Å². The lowest BCUT2D eigenvalue weighted by Gasteiger charge is -2.10. The largest absolute Gasteiger partial charge is 0.354 e. The third-order valence-corrected chi connectivity index (χ3v) is 4.23. The van der Waals surface area contributed by atoms with E-state index in [0.717, 1.165) is 35.9 Å². The number of aryl methyl sites for hydroxylation is 2. The highest BCUT2D eigenvalue weighted by atomic mass is 16.1. The molecule has 0 radical (unpaired) electrons. The van der Waals surface area contributed by atoms with Crippen molar-refractivity contribution in [1.29, 1.82) is 0 Å². The monoisotopic (exact) mass is 375 g/mol. The van der Waals surface area contributed by atoms with Crippen LogP contribution in [0.15, 0.2) is 54.6 Å². The molecule has 6 nitrogen and oxygen atoms in total. The molecule has 0 aliphatic heterocycles. The number of nitrogens with one attached hydrogen (secondary N) is 3. The summed E-state index contributed by atoms with van der Waals surface area (Å²) >= 11 is 0. The lowest BCUT2D eigenvalue weighted by molar-refractivity contribution is 0.102. The molecule has 3 rings (SSSR count). The molecule has 0 aliphatic rings. The molecule has 3 N–H and O–H groups in total. The van der Waals surface area contributed by atoms with Gasteiger partial charge < -0.3 is 16.0 Å². The molecular formula is C22H25N5O. The van der Waals surface area contributed by atoms with E-state index in [1.165, 1.54) is 5.56 Å². The van der Waals surface area contributed by atoms with Gasteiger partial charge in [-0.25, -0.2) is 4.98 Å². The molecule has 0 atom stereocenters. The van der Waals surface area contributed by atoms with Crippen molar-refractivity contribution >= 4 is 29.0 Å². The molecule has 28 heavy (non-hydrogen) atoms. The number of rotatable bonds is 7. The van der Waals surface area contributed by atoms with Crippen LogP contribution < -0.4 is 16.0 Å². The Bertz CT molecular complexity index is 936. The molecule has 6 heteroatoms. The summed E-state index contributed by atoms with van der Waals surface area (Å²) in [5.74, 6) is 1.20. The molecule has 0 saturated carbocycles. The van der Waals surface area contributed by atoms with Crippen LogP contribution in [0.25, 0.3) is 0 Å². The number of amides is 1. The van der Waals surface area contributed by atoms with Crippen molar-refractivity contribution in [2.75, 3.05) is 22.5 Å². The van der Waals surface area contributed by atoms with Crippen molar-refractivity contribution < 1.29 is 4.79 Å². The second-order valence-corrected chi connectivity index (χ2v) is 6.46. The fourth-order valence-electron chi connectivity index (χ4n) is 2.75. The van der Waals surface area contributed by atoms with E-state index in [1.54, 1.807) is 0 Å². The van der Waals surface area contributed by atoms with Crippen molar-refractivity contribution in [2.24, 2.45) is 0 Å². The maximum Gasteiger partial charge on any atom is 0.255 e. The van der Waals surface area contributed by atoms with E-state index < -0.39 is 0 Å². The Morgan fingerprint density at radius 3 is 2.25 bits per heavy atom. The quantitative estimate of drug-likeness (QED) is 0.554. The number of hydrogen-bond donors (Lipinski definition) is 3. The molecule has 0 bridgehead atoms. The molecule has 0 aliphatic carbocycles. The van der Waals surface area contributed by atoms with Gasteiger partial charge in [-0.2, -0.15) is 4.98 Å². The molecule has 144 valence electrons. The summed E-state index contributed by atoms with van der Waals surface area (Å²) in [5.41, 5.74) is 4.36. The molecule has 1 aromatic heterocycles. The minimum absolute atomic E-state index is 0.120. The van der Waals surface area contributed by atoms with Crippen LogP contribution in [0.3, 0.4) is 0 Å². The summed E-state index contributed by atoms with van der Waals surface area (Å²) in [6.45, 7) is 6.79. The Kier molecular flexibility index (Phi) is 6.22. The average Bonchev–Trinajstić information content (AvgIpc) is 2.69. The van der Waals surface area contributed by atoms with Gasteiger partial charge in [0.05, 0.1) is 0 Å². The van der Waals surface area contributed by atoms with Crippen molar-refractivity contribution in [2.45, 2.75) is 27.2 Å². The fraction of sp³-hybridized carbons (Fsp3) is 0.227. The Morgan fingerprint density at radius 1 is 0.929 bits per heavy atom. The van der Waals surface area contributed by atoms with Gasteiger partial charge in [-0.15, -0.1) is 0 Å². The first-order chi connectivity index (χ1) is 13.6. The Morgan fingerprint density at radius 2 is 1.61 bits per heavy atom. The maximum absolute atomic E-state index is 12.4. The number of carbonyl (C=O) groups is 1. The minimum Gasteiger partial charge on any atom is -0.354 e. The van der Waals surface area contributed by atoms with Crippen molar-refractivity contribution in [3.8, 4) is 0 Å². The van der Waals surface area contributed by atoms with Gasteiger partial charge in [0, 0.05) is 35.2 Å². The van der Waals surface area contributed by atoms with Crippen LogP contribution >= 0.6 is 0 Å². The topological polar surface area (TPSA) is 78.9 Å². The fourth-order valence-corrected chi connectivity index (χ4v) is 2.75. The Hall–Kier alpha value is -3.41. The molecule has 3 aromatic rings. The first kappa shape index (κ1) is 19.4. The molecule has 0 unspecified atom stereocenters. The molecule has 0 fully saturated rings. The van der Waals surface area contributed by atoms with E-state index in [1.807, 2.05) is 68.4 Å². The van der Waals surface area contributed by atoms with Gasteiger partial charge in [0.2, 0.25) is 5.95 Å². The van der Waals surface area contributed by atoms with Gasteiger partial charge in [0.1, 0.15) is 5.82 Å². The van der Waals surface area contributed by atoms with Gasteiger partial charge in [0.25, 0.3) is 5.91 Å². The summed E-state index contributed by atoms with van der Waals surface area (Å²) < 4.78 is 0. The second-order valence-electron chi connectivity index (χ2n) is 6.46. The number of carbonyl (C=O) groups excluding carboxylic acids is 1. The number of aromatic nitrogens is 2. The van der Waals surface area contributed by atoms with Gasteiger partial charge in [-0.3, -0.25) is 4.79 Å². The highest BCUT2D eigenvalue weighted by Crippen LogP contribution is 2.19. The summed E-state index contributed by atoms with van der Waals surface area (Å²) in [7, 11) is 0. The molecule has 1 heterocycles. The summed E-state index contributed by atoms with van der Waals surface area (Å²) in [6.07, 6.45) is 0.957. The first-order valence-corrected chi connectivity index (χ1v) is 9.44. The van der Waals surface area contributed by atoms with Crippen LogP contribution in [0, 0.1) is 6.92 Å². The van der Waals surface area contributed by atoms with Crippen LogP contribution in [0.1, 0.15) is 35.5 Å². The summed E-state index contributed by atoms with van der Waals surface area (Å²) in [6, 6.07) is 17.1. The third-order valence-electron chi connectivity index (χ3n) is 4.23. The van der Waals surface area contributed by atoms with Crippen molar-refractivity contribution in [1.82, 2.24) is 9.97 Å². The zero-order valence-electron chi connectivity index (χ0n) is 16.4. The van der Waals surface area contributed by atoms with Crippen LogP contribution in [0.2, 0.25) is 0 Å². The van der Waals surface area contributed by atoms with E-state index in [9.17, 15) is 4.79 Å². The lowest BCUT2D eigenvalue weighted by Crippen LogP contribution is -2.11. The summed E-state index contributed by atoms with van der Waals surface area (Å²) in [4.78, 5) is 21.2. The normalized spacial score (nSPS) is 10.4. The number of anilines is 4. The number of nitrogens with zero attached hydrogens (tertiary/aromatic N) is 2. The lowest BCUT2D eigenvalue weighted by atomic mass is 10.1. The second kappa shape index (κ2) is 8.99. The molecule has 2 aromatic carbocycles. The minimum atomic E-state index is -0.120. The molecular weight excluding hydrogens is 350 g/mol. The third kappa shape index (κ3) is 5.07. The van der Waals surface area contributed by atoms with Gasteiger partial charge in [-0.05, 0) is 62.2 Å².